The van der Waals surface area contributed by atoms with Crippen molar-refractivity contribution in [3.8, 4) is 17.2 Å². The number of aliphatic hydroxyl groups is 1. The van der Waals surface area contributed by atoms with Crippen LogP contribution >= 0.6 is 0 Å². The number of carbonyl (C=O) groups is 2. The van der Waals surface area contributed by atoms with Crippen LogP contribution in [0.2, 0.25) is 0 Å². The molecule has 8 heteroatoms. The highest BCUT2D eigenvalue weighted by Gasteiger charge is 2.47. The van der Waals surface area contributed by atoms with Crippen molar-refractivity contribution < 1.29 is 29.3 Å². The minimum atomic E-state index is -0.852. The van der Waals surface area contributed by atoms with Gasteiger partial charge in [0.05, 0.1) is 31.4 Å². The highest BCUT2D eigenvalue weighted by atomic mass is 16.5. The Bertz CT molecular complexity index is 1050. The summed E-state index contributed by atoms with van der Waals surface area (Å²) in [5.41, 5.74) is 0.524. The maximum Gasteiger partial charge on any atom is 0.295 e. The van der Waals surface area contributed by atoms with Crippen molar-refractivity contribution in [2.45, 2.75) is 12.5 Å². The molecule has 1 fully saturated rings. The zero-order chi connectivity index (χ0) is 23.4. The minimum Gasteiger partial charge on any atom is -0.507 e. The molecule has 32 heavy (non-hydrogen) atoms. The highest BCUT2D eigenvalue weighted by molar-refractivity contribution is 6.46. The van der Waals surface area contributed by atoms with E-state index in [2.05, 4.69) is 0 Å². The normalized spacial score (nSPS) is 17.8. The summed E-state index contributed by atoms with van der Waals surface area (Å²) in [6.45, 7) is 1.04. The van der Waals surface area contributed by atoms with Crippen molar-refractivity contribution in [3.05, 3.63) is 59.2 Å². The molecule has 2 aromatic rings. The van der Waals surface area contributed by atoms with Gasteiger partial charge in [-0.05, 0) is 45.3 Å². The van der Waals surface area contributed by atoms with Crippen LogP contribution in [0.25, 0.3) is 5.76 Å². The first-order chi connectivity index (χ1) is 15.3. The van der Waals surface area contributed by atoms with Gasteiger partial charge < -0.3 is 29.5 Å². The van der Waals surface area contributed by atoms with Crippen molar-refractivity contribution in [2.24, 2.45) is 0 Å². The third kappa shape index (κ3) is 4.40. The maximum absolute atomic E-state index is 13.1. The fourth-order valence-corrected chi connectivity index (χ4v) is 3.87. The number of phenols is 1. The number of Topliss-reactive ketones (excluding diaryl/α,β-unsaturated/α-hetero) is 1. The van der Waals surface area contributed by atoms with Crippen molar-refractivity contribution in [2.75, 3.05) is 41.4 Å². The van der Waals surface area contributed by atoms with E-state index in [1.165, 1.54) is 31.3 Å². The zero-order valence-corrected chi connectivity index (χ0v) is 18.7. The van der Waals surface area contributed by atoms with Crippen LogP contribution in [0.15, 0.2) is 48.0 Å². The summed E-state index contributed by atoms with van der Waals surface area (Å²) in [7, 11) is 6.82. The summed E-state index contributed by atoms with van der Waals surface area (Å²) in [5, 5.41) is 21.5. The summed E-state index contributed by atoms with van der Waals surface area (Å²) in [6, 6.07) is 10.5. The molecule has 1 saturated heterocycles. The van der Waals surface area contributed by atoms with Crippen LogP contribution in [0.4, 0.5) is 0 Å². The number of hydrogen-bond acceptors (Lipinski definition) is 7. The van der Waals surface area contributed by atoms with Gasteiger partial charge in [-0.15, -0.1) is 0 Å². The van der Waals surface area contributed by atoms with Gasteiger partial charge in [0, 0.05) is 18.2 Å². The molecule has 170 valence electrons. The molecule has 1 amide bonds. The molecule has 0 radical (unpaired) electrons. The van der Waals surface area contributed by atoms with Gasteiger partial charge in [0.25, 0.3) is 11.7 Å². The van der Waals surface area contributed by atoms with Crippen LogP contribution in [0.5, 0.6) is 17.2 Å². The van der Waals surface area contributed by atoms with Crippen molar-refractivity contribution >= 4 is 17.4 Å². The lowest BCUT2D eigenvalue weighted by atomic mass is 9.94. The standard InChI is InChI=1S/C24H28N2O6/c1-25(2)12-7-13-26-21(17-8-5-6-9-19(17)32-4)20(23(29)24(26)30)22(28)16-11-10-15(31-3)14-18(16)27/h5-6,8-11,14,21,27-28H,7,12-13H2,1-4H3/t21-/m1/s1. The first kappa shape index (κ1) is 23.1. The van der Waals surface area contributed by atoms with Crippen LogP contribution in [0.3, 0.4) is 0 Å². The Hall–Kier alpha value is -3.52. The van der Waals surface area contributed by atoms with E-state index in [9.17, 15) is 19.8 Å². The van der Waals surface area contributed by atoms with Crippen molar-refractivity contribution in [1.82, 2.24) is 9.80 Å². The molecule has 1 heterocycles. The molecule has 1 aliphatic rings. The van der Waals surface area contributed by atoms with Crippen LogP contribution < -0.4 is 9.47 Å². The number of amides is 1. The van der Waals surface area contributed by atoms with Gasteiger partial charge >= 0.3 is 0 Å². The lowest BCUT2D eigenvalue weighted by molar-refractivity contribution is -0.140. The lowest BCUT2D eigenvalue weighted by Crippen LogP contribution is -2.32. The van der Waals surface area contributed by atoms with Gasteiger partial charge in [-0.2, -0.15) is 0 Å². The van der Waals surface area contributed by atoms with E-state index in [1.54, 1.807) is 30.3 Å². The Morgan fingerprint density at radius 2 is 1.81 bits per heavy atom. The number of carbonyl (C=O) groups excluding carboxylic acids is 2. The SMILES string of the molecule is COc1ccc(C(O)=C2C(=O)C(=O)N(CCCN(C)C)[C@@H]2c2ccccc2OC)c(O)c1. The molecular formula is C24H28N2O6. The summed E-state index contributed by atoms with van der Waals surface area (Å²) in [6.07, 6.45) is 0.638. The third-order valence-corrected chi connectivity index (χ3v) is 5.44. The fraction of sp³-hybridized carbons (Fsp3) is 0.333. The molecule has 3 rings (SSSR count). The van der Waals surface area contributed by atoms with Crippen LogP contribution in [-0.2, 0) is 9.59 Å². The fourth-order valence-electron chi connectivity index (χ4n) is 3.87. The predicted octanol–water partition coefficient (Wildman–Crippen LogP) is 2.78. The van der Waals surface area contributed by atoms with E-state index >= 15 is 0 Å². The van der Waals surface area contributed by atoms with Gasteiger partial charge in [-0.25, -0.2) is 0 Å². The second-order valence-corrected chi connectivity index (χ2v) is 7.77. The highest BCUT2D eigenvalue weighted by Crippen LogP contribution is 2.43. The van der Waals surface area contributed by atoms with Gasteiger partial charge in [-0.3, -0.25) is 9.59 Å². The molecule has 2 N–H and O–H groups in total. The monoisotopic (exact) mass is 440 g/mol. The summed E-state index contributed by atoms with van der Waals surface area (Å²) >= 11 is 0. The first-order valence-corrected chi connectivity index (χ1v) is 10.2. The molecule has 0 unspecified atom stereocenters. The van der Waals surface area contributed by atoms with E-state index in [1.807, 2.05) is 19.0 Å². The van der Waals surface area contributed by atoms with Gasteiger partial charge in [0.2, 0.25) is 0 Å². The van der Waals surface area contributed by atoms with Crippen LogP contribution in [-0.4, -0.2) is 73.1 Å². The van der Waals surface area contributed by atoms with E-state index < -0.39 is 23.5 Å². The Balaban J connectivity index is 2.16. The van der Waals surface area contributed by atoms with E-state index in [0.29, 0.717) is 30.0 Å². The first-order valence-electron chi connectivity index (χ1n) is 10.2. The largest absolute Gasteiger partial charge is 0.507 e. The molecule has 0 bridgehead atoms. The summed E-state index contributed by atoms with van der Waals surface area (Å²) in [4.78, 5) is 29.5. The molecule has 0 aromatic heterocycles. The van der Waals surface area contributed by atoms with Gasteiger partial charge in [0.15, 0.2) is 0 Å². The third-order valence-electron chi connectivity index (χ3n) is 5.44. The number of aromatic hydroxyl groups is 1. The van der Waals surface area contributed by atoms with E-state index in [0.717, 1.165) is 6.54 Å². The minimum absolute atomic E-state index is 0.0389. The number of rotatable bonds is 8. The number of likely N-dealkylation sites (tertiary alicyclic amines) is 1. The smallest absolute Gasteiger partial charge is 0.295 e. The lowest BCUT2D eigenvalue weighted by Gasteiger charge is -2.27. The average Bonchev–Trinajstić information content (AvgIpc) is 3.03. The number of ether oxygens (including phenoxy) is 2. The predicted molar refractivity (Wildman–Crippen MR) is 120 cm³/mol. The quantitative estimate of drug-likeness (QED) is 0.370. The Labute approximate surface area is 187 Å². The molecule has 2 aromatic carbocycles. The Morgan fingerprint density at radius 3 is 2.44 bits per heavy atom. The second-order valence-electron chi connectivity index (χ2n) is 7.77. The molecule has 0 spiro atoms. The molecule has 0 aliphatic carbocycles. The molecule has 8 nitrogen and oxygen atoms in total. The number of phenolic OH excluding ortho intramolecular Hbond substituents is 1. The molecule has 0 saturated carbocycles. The summed E-state index contributed by atoms with van der Waals surface area (Å²) < 4.78 is 10.6. The van der Waals surface area contributed by atoms with Gasteiger partial charge in [0.1, 0.15) is 23.0 Å². The topological polar surface area (TPSA) is 99.5 Å². The van der Waals surface area contributed by atoms with Crippen LogP contribution in [0.1, 0.15) is 23.6 Å². The number of methoxy groups -OCH3 is 2. The second kappa shape index (κ2) is 9.74. The van der Waals surface area contributed by atoms with Gasteiger partial charge in [-0.1, -0.05) is 18.2 Å². The van der Waals surface area contributed by atoms with Crippen molar-refractivity contribution in [1.29, 1.82) is 0 Å². The van der Waals surface area contributed by atoms with E-state index in [-0.39, 0.29) is 16.9 Å². The molecule has 1 aliphatic heterocycles. The number of para-hydroxylation sites is 1. The average molecular weight is 440 g/mol. The Kier molecular flexibility index (Phi) is 7.05. The van der Waals surface area contributed by atoms with Crippen LogP contribution in [0, 0.1) is 0 Å². The van der Waals surface area contributed by atoms with Crippen molar-refractivity contribution in [3.63, 3.8) is 0 Å². The number of hydrogen-bond donors (Lipinski definition) is 2. The number of aliphatic hydroxyl groups excluding tert-OH is 1. The Morgan fingerprint density at radius 1 is 1.09 bits per heavy atom. The maximum atomic E-state index is 13.1. The number of nitrogens with zero attached hydrogens (tertiary/aromatic N) is 2. The number of benzene rings is 2. The van der Waals surface area contributed by atoms with E-state index in [4.69, 9.17) is 9.47 Å². The summed E-state index contributed by atoms with van der Waals surface area (Å²) in [5.74, 6) is -1.34. The molecular weight excluding hydrogens is 412 g/mol. The number of ketones is 1. The zero-order valence-electron chi connectivity index (χ0n) is 18.7. The molecule has 1 atom stereocenters.